The molecule has 8 heteroatoms. The van der Waals surface area contributed by atoms with Crippen LogP contribution in [0.15, 0.2) is 24.3 Å². The summed E-state index contributed by atoms with van der Waals surface area (Å²) in [6.07, 6.45) is -1.01. The first-order chi connectivity index (χ1) is 10.3. The molecule has 0 unspecified atom stereocenters. The molecule has 0 bridgehead atoms. The Kier molecular flexibility index (Phi) is 6.84. The first kappa shape index (κ1) is 18.0. The van der Waals surface area contributed by atoms with Gasteiger partial charge in [0.1, 0.15) is 11.1 Å². The summed E-state index contributed by atoms with van der Waals surface area (Å²) in [5, 5.41) is 1.95. The zero-order valence-corrected chi connectivity index (χ0v) is 13.0. The molecule has 0 saturated heterocycles. The fourth-order valence-corrected chi connectivity index (χ4v) is 1.99. The van der Waals surface area contributed by atoms with Crippen LogP contribution in [0.5, 0.6) is 0 Å². The summed E-state index contributed by atoms with van der Waals surface area (Å²) in [5.41, 5.74) is 5.45. The van der Waals surface area contributed by atoms with Crippen molar-refractivity contribution in [2.45, 2.75) is 25.2 Å². The summed E-state index contributed by atoms with van der Waals surface area (Å²) in [6.45, 7) is 2.94. The molecule has 0 spiro atoms. The average Bonchev–Trinajstić information content (AvgIpc) is 2.46. The van der Waals surface area contributed by atoms with Crippen LogP contribution in [0, 0.1) is 5.82 Å². The molecule has 0 aliphatic rings. The quantitative estimate of drug-likeness (QED) is 0.735. The van der Waals surface area contributed by atoms with Gasteiger partial charge in [0.2, 0.25) is 5.91 Å². The van der Waals surface area contributed by atoms with E-state index in [0.717, 1.165) is 11.8 Å². The molecule has 0 heterocycles. The number of thioether (sulfide) groups is 1. The topological polar surface area (TPSA) is 98.5 Å². The minimum atomic E-state index is -1.01. The highest BCUT2D eigenvalue weighted by molar-refractivity contribution is 8.01. The molecule has 0 radical (unpaired) electrons. The average molecular weight is 328 g/mol. The number of ether oxygens (including phenoxy) is 1. The van der Waals surface area contributed by atoms with Crippen molar-refractivity contribution in [3.63, 3.8) is 0 Å². The smallest absolute Gasteiger partial charge is 0.319 e. The highest BCUT2D eigenvalue weighted by Gasteiger charge is 2.21. The second-order valence-electron chi connectivity index (χ2n) is 4.49. The lowest BCUT2D eigenvalue weighted by Gasteiger charge is -2.14. The fraction of sp³-hybridized carbons (Fsp3) is 0.357. The number of nitrogens with two attached hydrogens (primary N) is 1. The van der Waals surface area contributed by atoms with Crippen LogP contribution in [0.25, 0.3) is 0 Å². The van der Waals surface area contributed by atoms with Crippen LogP contribution in [0.4, 0.5) is 10.1 Å². The van der Waals surface area contributed by atoms with E-state index in [-0.39, 0.29) is 11.7 Å². The van der Waals surface area contributed by atoms with Gasteiger partial charge >= 0.3 is 5.97 Å². The number of nitrogens with one attached hydrogen (secondary N) is 1. The lowest BCUT2D eigenvalue weighted by molar-refractivity contribution is -0.152. The maximum Gasteiger partial charge on any atom is 0.319 e. The third-order valence-electron chi connectivity index (χ3n) is 2.62. The highest BCUT2D eigenvalue weighted by atomic mass is 32.2. The predicted molar refractivity (Wildman–Crippen MR) is 81.7 cm³/mol. The maximum atomic E-state index is 12.7. The summed E-state index contributed by atoms with van der Waals surface area (Å²) in [5.74, 6) is -2.07. The van der Waals surface area contributed by atoms with E-state index < -0.39 is 29.0 Å². The molecule has 1 aromatic carbocycles. The summed E-state index contributed by atoms with van der Waals surface area (Å²) >= 11 is 1.06. The van der Waals surface area contributed by atoms with Crippen LogP contribution in [0.1, 0.15) is 13.8 Å². The summed E-state index contributed by atoms with van der Waals surface area (Å²) < 4.78 is 17.6. The number of amides is 2. The van der Waals surface area contributed by atoms with Gasteiger partial charge in [0, 0.05) is 5.69 Å². The lowest BCUT2D eigenvalue weighted by Crippen LogP contribution is -2.33. The standard InChI is InChI=1S/C14H17FN2O4S/c1-8(13(16)19)21-14(20)9(2)22-7-12(18)17-11-5-3-10(15)4-6-11/h3-6,8-9H,7H2,1-2H3,(H2,16,19)(H,17,18)/t8-,9-/m0/s1. The van der Waals surface area contributed by atoms with Gasteiger partial charge in [-0.3, -0.25) is 14.4 Å². The number of primary amides is 1. The molecule has 6 nitrogen and oxygen atoms in total. The van der Waals surface area contributed by atoms with Gasteiger partial charge in [0.25, 0.3) is 5.91 Å². The monoisotopic (exact) mass is 328 g/mol. The minimum absolute atomic E-state index is 0.0125. The van der Waals surface area contributed by atoms with Gasteiger partial charge < -0.3 is 15.8 Å². The number of hydrogen-bond acceptors (Lipinski definition) is 5. The molecule has 2 atom stereocenters. The van der Waals surface area contributed by atoms with E-state index in [2.05, 4.69) is 5.32 Å². The number of benzene rings is 1. The van der Waals surface area contributed by atoms with Crippen LogP contribution < -0.4 is 11.1 Å². The molecule has 1 rings (SSSR count). The Morgan fingerprint density at radius 1 is 1.27 bits per heavy atom. The Morgan fingerprint density at radius 2 is 1.86 bits per heavy atom. The molecule has 1 aromatic rings. The summed E-state index contributed by atoms with van der Waals surface area (Å²) in [7, 11) is 0. The molecular weight excluding hydrogens is 311 g/mol. The number of carbonyl (C=O) groups is 3. The minimum Gasteiger partial charge on any atom is -0.452 e. The van der Waals surface area contributed by atoms with Crippen molar-refractivity contribution < 1.29 is 23.5 Å². The van der Waals surface area contributed by atoms with Crippen LogP contribution >= 0.6 is 11.8 Å². The molecule has 0 saturated carbocycles. The highest BCUT2D eigenvalue weighted by Crippen LogP contribution is 2.14. The van der Waals surface area contributed by atoms with Gasteiger partial charge in [-0.15, -0.1) is 11.8 Å². The van der Waals surface area contributed by atoms with Crippen LogP contribution in [-0.2, 0) is 19.1 Å². The number of rotatable bonds is 7. The van der Waals surface area contributed by atoms with Crippen molar-refractivity contribution in [3.8, 4) is 0 Å². The van der Waals surface area contributed by atoms with Crippen molar-refractivity contribution in [2.24, 2.45) is 5.73 Å². The first-order valence-corrected chi connectivity index (χ1v) is 7.51. The second kappa shape index (κ2) is 8.38. The zero-order chi connectivity index (χ0) is 16.7. The van der Waals surface area contributed by atoms with Gasteiger partial charge in [-0.1, -0.05) is 0 Å². The maximum absolute atomic E-state index is 12.7. The lowest BCUT2D eigenvalue weighted by atomic mass is 10.3. The third-order valence-corrected chi connectivity index (χ3v) is 3.74. The zero-order valence-electron chi connectivity index (χ0n) is 12.2. The molecule has 0 fully saturated rings. The number of anilines is 1. The van der Waals surface area contributed by atoms with Crippen molar-refractivity contribution in [1.29, 1.82) is 0 Å². The van der Waals surface area contributed by atoms with Gasteiger partial charge in [0.15, 0.2) is 6.10 Å². The van der Waals surface area contributed by atoms with Crippen LogP contribution in [0.2, 0.25) is 0 Å². The predicted octanol–water partition coefficient (Wildman–Crippen LogP) is 1.30. The van der Waals surface area contributed by atoms with Crippen molar-refractivity contribution in [1.82, 2.24) is 0 Å². The number of hydrogen-bond donors (Lipinski definition) is 2. The van der Waals surface area contributed by atoms with Gasteiger partial charge in [-0.25, -0.2) is 4.39 Å². The van der Waals surface area contributed by atoms with E-state index in [1.165, 1.54) is 31.2 Å². The molecule has 0 aromatic heterocycles. The number of halogens is 1. The third kappa shape index (κ3) is 6.13. The molecule has 0 aliphatic heterocycles. The second-order valence-corrected chi connectivity index (χ2v) is 5.82. The Bertz CT molecular complexity index is 550. The molecule has 0 aliphatic carbocycles. The van der Waals surface area contributed by atoms with E-state index in [1.54, 1.807) is 6.92 Å². The molecule has 3 N–H and O–H groups in total. The Hall–Kier alpha value is -2.09. The summed E-state index contributed by atoms with van der Waals surface area (Å²) in [4.78, 5) is 34.1. The van der Waals surface area contributed by atoms with Gasteiger partial charge in [-0.05, 0) is 38.1 Å². The van der Waals surface area contributed by atoms with E-state index in [4.69, 9.17) is 10.5 Å². The Balaban J connectivity index is 2.38. The van der Waals surface area contributed by atoms with Crippen molar-refractivity contribution >= 4 is 35.2 Å². The van der Waals surface area contributed by atoms with Crippen LogP contribution in [-0.4, -0.2) is 34.9 Å². The fourth-order valence-electron chi connectivity index (χ4n) is 1.33. The van der Waals surface area contributed by atoms with Crippen LogP contribution in [0.3, 0.4) is 0 Å². The van der Waals surface area contributed by atoms with Gasteiger partial charge in [-0.2, -0.15) is 0 Å². The van der Waals surface area contributed by atoms with E-state index in [1.807, 2.05) is 0 Å². The van der Waals surface area contributed by atoms with E-state index in [9.17, 15) is 18.8 Å². The normalized spacial score (nSPS) is 13.0. The molecule has 2 amide bonds. The Morgan fingerprint density at radius 3 is 2.41 bits per heavy atom. The van der Waals surface area contributed by atoms with Crippen molar-refractivity contribution in [3.05, 3.63) is 30.1 Å². The van der Waals surface area contributed by atoms with Crippen molar-refractivity contribution in [2.75, 3.05) is 11.1 Å². The first-order valence-electron chi connectivity index (χ1n) is 6.46. The molecular formula is C14H17FN2O4S. The number of carbonyl (C=O) groups excluding carboxylic acids is 3. The van der Waals surface area contributed by atoms with E-state index in [0.29, 0.717) is 5.69 Å². The molecule has 22 heavy (non-hydrogen) atoms. The van der Waals surface area contributed by atoms with Gasteiger partial charge in [0.05, 0.1) is 5.75 Å². The largest absolute Gasteiger partial charge is 0.452 e. The summed E-state index contributed by atoms with van der Waals surface area (Å²) in [6, 6.07) is 5.33. The number of esters is 1. The van der Waals surface area contributed by atoms with E-state index >= 15 is 0 Å². The SMILES string of the molecule is C[C@H](OC(=O)[C@H](C)SCC(=O)Nc1ccc(F)cc1)C(N)=O. The Labute approximate surface area is 131 Å². The molecule has 120 valence electrons.